The van der Waals surface area contributed by atoms with Crippen molar-refractivity contribution >= 4 is 79.4 Å². The molecule has 0 spiro atoms. The second-order valence-electron chi connectivity index (χ2n) is 20.2. The van der Waals surface area contributed by atoms with E-state index in [-0.39, 0.29) is 60.3 Å². The lowest BCUT2D eigenvalue weighted by Gasteiger charge is -2.39. The largest absolute Gasteiger partial charge is 0.496 e. The lowest BCUT2D eigenvalue weighted by molar-refractivity contribution is -0.153. The first-order chi connectivity index (χ1) is 35.7. The van der Waals surface area contributed by atoms with Gasteiger partial charge in [0.15, 0.2) is 0 Å². The average Bonchev–Trinajstić information content (AvgIpc) is 3.87. The maximum atomic E-state index is 14.9. The number of likely N-dealkylation sites (N-methyl/N-ethyl adjacent to an activating group) is 2. The van der Waals surface area contributed by atoms with Gasteiger partial charge in [-0.25, -0.2) is 0 Å². The van der Waals surface area contributed by atoms with Gasteiger partial charge in [-0.1, -0.05) is 78.7 Å². The molecule has 0 aromatic heterocycles. The van der Waals surface area contributed by atoms with Gasteiger partial charge in [0, 0.05) is 39.8 Å². The Labute approximate surface area is 441 Å². The molecular formula is C56H70BrN9O8. The number of hydrogen-bond acceptors (Lipinski definition) is 11. The van der Waals surface area contributed by atoms with Crippen molar-refractivity contribution in [3.63, 3.8) is 0 Å². The number of methoxy groups -OCH3 is 1. The first-order valence-electron chi connectivity index (χ1n) is 26.1. The second-order valence-corrected chi connectivity index (χ2v) is 21.1. The van der Waals surface area contributed by atoms with E-state index in [0.717, 1.165) is 72.2 Å². The Kier molecular flexibility index (Phi) is 17.8. The Morgan fingerprint density at radius 3 is 2.11 bits per heavy atom. The molecule has 6 atom stereocenters. The number of fused-ring (bicyclic) bond motifs is 2. The smallest absolute Gasteiger partial charge is 0.258 e. The van der Waals surface area contributed by atoms with E-state index in [1.54, 1.807) is 88.5 Å². The SMILES string of the molecule is CN[C@@H](C)C(=O)N[C@H]1CN(C(=O)c2ccc(C(=O)N[C@@H]3CN[C@H](C(=O)N(C(=O)[C@@H](NC(=O)[C@H](C)NC)C4CCCCC4)C4CCCCC4)C3)cc2)c2ccccc2N(Cc2c(OC)ccc3cc(Br)ccc23)C1=O. The Morgan fingerprint density at radius 1 is 0.784 bits per heavy atom. The van der Waals surface area contributed by atoms with Crippen LogP contribution in [0.2, 0.25) is 0 Å². The minimum absolute atomic E-state index is 0.0667. The molecule has 7 amide bonds. The van der Waals surface area contributed by atoms with Crippen LogP contribution >= 0.6 is 15.9 Å². The molecule has 17 nitrogen and oxygen atoms in total. The van der Waals surface area contributed by atoms with Crippen LogP contribution in [0.25, 0.3) is 10.8 Å². The zero-order valence-corrected chi connectivity index (χ0v) is 44.6. The summed E-state index contributed by atoms with van der Waals surface area (Å²) in [6, 6.07) is 18.5. The van der Waals surface area contributed by atoms with Crippen molar-refractivity contribution in [1.82, 2.24) is 36.8 Å². The monoisotopic (exact) mass is 1080 g/mol. The van der Waals surface area contributed by atoms with Gasteiger partial charge in [-0.2, -0.15) is 0 Å². The van der Waals surface area contributed by atoms with E-state index in [1.165, 1.54) is 9.80 Å². The fraction of sp³-hybridized carbons (Fsp3) is 0.482. The number of imide groups is 1. The van der Waals surface area contributed by atoms with Gasteiger partial charge in [-0.15, -0.1) is 0 Å². The molecule has 2 heterocycles. The van der Waals surface area contributed by atoms with E-state index >= 15 is 0 Å². The van der Waals surface area contributed by atoms with Gasteiger partial charge in [0.2, 0.25) is 17.7 Å². The summed E-state index contributed by atoms with van der Waals surface area (Å²) in [4.78, 5) is 104. The lowest BCUT2D eigenvalue weighted by atomic mass is 9.82. The van der Waals surface area contributed by atoms with Crippen molar-refractivity contribution in [2.75, 3.05) is 44.1 Å². The number of para-hydroxylation sites is 2. The average molecular weight is 1080 g/mol. The maximum Gasteiger partial charge on any atom is 0.258 e. The maximum absolute atomic E-state index is 14.9. The van der Waals surface area contributed by atoms with E-state index in [2.05, 4.69) is 47.8 Å². The quantitative estimate of drug-likeness (QED) is 0.0800. The molecule has 3 fully saturated rings. The number of rotatable bonds is 16. The number of nitrogens with zero attached hydrogens (tertiary/aromatic N) is 3. The van der Waals surface area contributed by atoms with Gasteiger partial charge in [0.25, 0.3) is 23.6 Å². The summed E-state index contributed by atoms with van der Waals surface area (Å²) in [5, 5.41) is 20.0. The van der Waals surface area contributed by atoms with Crippen LogP contribution in [-0.2, 0) is 30.5 Å². The molecule has 6 N–H and O–H groups in total. The molecule has 74 heavy (non-hydrogen) atoms. The number of nitrogens with one attached hydrogen (secondary N) is 6. The summed E-state index contributed by atoms with van der Waals surface area (Å²) in [6.07, 6.45) is 9.10. The summed E-state index contributed by atoms with van der Waals surface area (Å²) in [7, 11) is 4.92. The Hall–Kier alpha value is -6.21. The summed E-state index contributed by atoms with van der Waals surface area (Å²) >= 11 is 3.56. The lowest BCUT2D eigenvalue weighted by Crippen LogP contribution is -2.61. The fourth-order valence-corrected chi connectivity index (χ4v) is 11.3. The topological polar surface area (TPSA) is 211 Å². The number of amides is 7. The van der Waals surface area contributed by atoms with Crippen LogP contribution in [0.1, 0.15) is 111 Å². The number of benzene rings is 4. The minimum atomic E-state index is -1.15. The normalized spacial score (nSPS) is 20.7. The number of carbonyl (C=O) groups is 7. The summed E-state index contributed by atoms with van der Waals surface area (Å²) in [5.74, 6) is -2.15. The van der Waals surface area contributed by atoms with Gasteiger partial charge in [0.1, 0.15) is 17.8 Å². The van der Waals surface area contributed by atoms with Crippen molar-refractivity contribution in [2.45, 2.75) is 133 Å². The number of halogens is 1. The molecule has 4 aromatic rings. The van der Waals surface area contributed by atoms with E-state index < -0.39 is 59.9 Å². The third-order valence-electron chi connectivity index (χ3n) is 15.5. The molecule has 0 bridgehead atoms. The Morgan fingerprint density at radius 2 is 1.43 bits per heavy atom. The predicted molar refractivity (Wildman–Crippen MR) is 288 cm³/mol. The van der Waals surface area contributed by atoms with Crippen LogP contribution in [0.5, 0.6) is 5.75 Å². The molecule has 18 heteroatoms. The molecule has 4 aromatic carbocycles. The van der Waals surface area contributed by atoms with Crippen LogP contribution in [-0.4, -0.2) is 123 Å². The zero-order valence-electron chi connectivity index (χ0n) is 43.0. The first-order valence-corrected chi connectivity index (χ1v) is 26.9. The highest BCUT2D eigenvalue weighted by Gasteiger charge is 2.44. The van der Waals surface area contributed by atoms with Gasteiger partial charge < -0.3 is 46.4 Å². The number of hydrogen-bond donors (Lipinski definition) is 6. The molecule has 8 rings (SSSR count). The molecule has 0 unspecified atom stereocenters. The van der Waals surface area contributed by atoms with Crippen molar-refractivity contribution in [3.8, 4) is 5.75 Å². The van der Waals surface area contributed by atoms with E-state index in [1.807, 2.05) is 30.3 Å². The number of ether oxygens (including phenoxy) is 1. The van der Waals surface area contributed by atoms with Crippen molar-refractivity contribution in [2.24, 2.45) is 5.92 Å². The highest BCUT2D eigenvalue weighted by Crippen LogP contribution is 2.39. The second kappa shape index (κ2) is 24.4. The van der Waals surface area contributed by atoms with Gasteiger partial charge in [-0.3, -0.25) is 38.5 Å². The fourth-order valence-electron chi connectivity index (χ4n) is 10.9. The molecular weight excluding hydrogens is 1010 g/mol. The van der Waals surface area contributed by atoms with E-state index in [0.29, 0.717) is 36.5 Å². The van der Waals surface area contributed by atoms with Crippen LogP contribution in [0, 0.1) is 5.92 Å². The summed E-state index contributed by atoms with van der Waals surface area (Å²) < 4.78 is 6.72. The van der Waals surface area contributed by atoms with Gasteiger partial charge in [0.05, 0.1) is 49.7 Å². The van der Waals surface area contributed by atoms with Crippen LogP contribution < -0.4 is 46.4 Å². The highest BCUT2D eigenvalue weighted by molar-refractivity contribution is 9.10. The summed E-state index contributed by atoms with van der Waals surface area (Å²) in [6.45, 7) is 3.62. The molecule has 1 saturated heterocycles. The van der Waals surface area contributed by atoms with Crippen molar-refractivity contribution < 1.29 is 38.3 Å². The van der Waals surface area contributed by atoms with Crippen LogP contribution in [0.15, 0.2) is 83.3 Å². The van der Waals surface area contributed by atoms with Crippen LogP contribution in [0.4, 0.5) is 11.4 Å². The third kappa shape index (κ3) is 12.0. The minimum Gasteiger partial charge on any atom is -0.496 e. The van der Waals surface area contributed by atoms with E-state index in [9.17, 15) is 33.6 Å². The Bertz CT molecular complexity index is 2730. The molecule has 4 aliphatic rings. The van der Waals surface area contributed by atoms with Crippen molar-refractivity contribution in [1.29, 1.82) is 0 Å². The van der Waals surface area contributed by atoms with Crippen LogP contribution in [0.3, 0.4) is 0 Å². The molecule has 2 aliphatic carbocycles. The molecule has 2 aliphatic heterocycles. The Balaban J connectivity index is 0.996. The van der Waals surface area contributed by atoms with Gasteiger partial charge >= 0.3 is 0 Å². The zero-order chi connectivity index (χ0) is 52.6. The number of carbonyl (C=O) groups excluding carboxylic acids is 7. The molecule has 2 saturated carbocycles. The highest BCUT2D eigenvalue weighted by atomic mass is 79.9. The molecule has 0 radical (unpaired) electrons. The molecule has 394 valence electrons. The third-order valence-corrected chi connectivity index (χ3v) is 15.9. The van der Waals surface area contributed by atoms with E-state index in [4.69, 9.17) is 4.74 Å². The van der Waals surface area contributed by atoms with Crippen molar-refractivity contribution in [3.05, 3.63) is 100 Å². The first kappa shape index (κ1) is 54.1. The summed E-state index contributed by atoms with van der Waals surface area (Å²) in [5.41, 5.74) is 2.19. The predicted octanol–water partition coefficient (Wildman–Crippen LogP) is 5.72. The van der Waals surface area contributed by atoms with Gasteiger partial charge in [-0.05, 0) is 131 Å². The number of anilines is 2. The standard InChI is InChI=1S/C56H70BrN9O8/c1-33(58-3)50(67)62-45-32-65(47-19-13-12-18-46(47)64(54(45)71)31-43-42-26-25-39(57)28-38(42)24-27-48(43)74-5)53(70)37-22-20-36(21-23-37)52(69)61-40-29-44(60-30-40)55(72)66(41-16-10-7-11-17-41)56(73)49(35-14-8-6-9-15-35)63-51(68)34(2)59-4/h12-13,18-28,33-35,40-41,44-45,49,58-60H,6-11,14-17,29-32H2,1-5H3,(H,61,69)(H,62,67)(H,63,68)/t33-,34-,40-,44-,45-,49-/m0/s1.